The van der Waals surface area contributed by atoms with Crippen LogP contribution in [0, 0.1) is 0 Å². The Morgan fingerprint density at radius 3 is 1.87 bits per heavy atom. The number of nitrogens with zero attached hydrogens (tertiary/aromatic N) is 2. The van der Waals surface area contributed by atoms with E-state index in [1.54, 1.807) is 20.8 Å². The fourth-order valence-electron chi connectivity index (χ4n) is 0.849. The van der Waals surface area contributed by atoms with Crippen molar-refractivity contribution < 1.29 is 8.42 Å². The van der Waals surface area contributed by atoms with Crippen molar-refractivity contribution in [2.45, 2.75) is 32.9 Å². The van der Waals surface area contributed by atoms with Crippen LogP contribution in [0.3, 0.4) is 0 Å². The van der Waals surface area contributed by atoms with Crippen LogP contribution in [0.2, 0.25) is 0 Å². The Morgan fingerprint density at radius 1 is 1.20 bits per heavy atom. The summed E-state index contributed by atoms with van der Waals surface area (Å²) in [6.07, 6.45) is 0. The second-order valence-corrected chi connectivity index (χ2v) is 6.23. The molecule has 0 radical (unpaired) electrons. The predicted molar refractivity (Wildman–Crippen MR) is 65.8 cm³/mol. The quantitative estimate of drug-likeness (QED) is 0.710. The first-order valence-corrected chi connectivity index (χ1v) is 6.43. The molecule has 0 heterocycles. The monoisotopic (exact) mass is 253 g/mol. The minimum Gasteiger partial charge on any atom is -0.392 e. The molecule has 0 amide bonds. The SMILES string of the molecule is CC(C)N(C)S(=O)(=O)N(C)C(C)C(N)=S. The first-order chi connectivity index (χ1) is 6.62. The summed E-state index contributed by atoms with van der Waals surface area (Å²) in [4.78, 5) is 0.165. The Kier molecular flexibility index (Phi) is 5.12. The Hall–Kier alpha value is -0.240. The molecule has 0 aliphatic heterocycles. The maximum Gasteiger partial charge on any atom is 0.282 e. The smallest absolute Gasteiger partial charge is 0.282 e. The van der Waals surface area contributed by atoms with Crippen LogP contribution in [0.4, 0.5) is 0 Å². The zero-order valence-corrected chi connectivity index (χ0v) is 11.4. The van der Waals surface area contributed by atoms with Gasteiger partial charge >= 0.3 is 0 Å². The van der Waals surface area contributed by atoms with Gasteiger partial charge in [-0.25, -0.2) is 0 Å². The van der Waals surface area contributed by atoms with E-state index in [9.17, 15) is 8.42 Å². The first-order valence-electron chi connectivity index (χ1n) is 4.62. The van der Waals surface area contributed by atoms with Gasteiger partial charge in [-0.1, -0.05) is 12.2 Å². The van der Waals surface area contributed by atoms with Gasteiger partial charge in [-0.15, -0.1) is 0 Å². The Balaban J connectivity index is 4.97. The second-order valence-electron chi connectivity index (χ2n) is 3.71. The lowest BCUT2D eigenvalue weighted by Gasteiger charge is -2.30. The Labute approximate surface area is 97.4 Å². The minimum absolute atomic E-state index is 0.101. The van der Waals surface area contributed by atoms with Crippen molar-refractivity contribution in [3.63, 3.8) is 0 Å². The van der Waals surface area contributed by atoms with Crippen LogP contribution in [-0.4, -0.2) is 48.2 Å². The maximum absolute atomic E-state index is 12.0. The van der Waals surface area contributed by atoms with Gasteiger partial charge in [-0.05, 0) is 20.8 Å². The molecule has 2 N–H and O–H groups in total. The van der Waals surface area contributed by atoms with Crippen LogP contribution >= 0.6 is 12.2 Å². The van der Waals surface area contributed by atoms with Crippen LogP contribution < -0.4 is 5.73 Å². The molecule has 0 aromatic heterocycles. The highest BCUT2D eigenvalue weighted by Crippen LogP contribution is 2.11. The molecule has 1 atom stereocenters. The van der Waals surface area contributed by atoms with Gasteiger partial charge in [0.1, 0.15) is 0 Å². The lowest BCUT2D eigenvalue weighted by molar-refractivity contribution is 0.350. The summed E-state index contributed by atoms with van der Waals surface area (Å²) in [6, 6.07) is -0.581. The first kappa shape index (κ1) is 14.8. The standard InChI is InChI=1S/C8H19N3O2S2/c1-6(2)10(4)15(12,13)11(5)7(3)8(9)14/h6-7H,1-5H3,(H2,9,14). The molecule has 0 aliphatic carbocycles. The molecule has 0 saturated carbocycles. The molecular formula is C8H19N3O2S2. The van der Waals surface area contributed by atoms with E-state index < -0.39 is 16.3 Å². The molecule has 0 rings (SSSR count). The number of nitrogens with two attached hydrogens (primary N) is 1. The highest BCUT2D eigenvalue weighted by molar-refractivity contribution is 7.87. The summed E-state index contributed by atoms with van der Waals surface area (Å²) >= 11 is 4.77. The van der Waals surface area contributed by atoms with Gasteiger partial charge in [0.15, 0.2) is 0 Å². The van der Waals surface area contributed by atoms with Crippen LogP contribution in [0.1, 0.15) is 20.8 Å². The van der Waals surface area contributed by atoms with Crippen LogP contribution in [0.15, 0.2) is 0 Å². The largest absolute Gasteiger partial charge is 0.392 e. The van der Waals surface area contributed by atoms with Gasteiger partial charge in [0.2, 0.25) is 0 Å². The van der Waals surface area contributed by atoms with Crippen LogP contribution in [0.5, 0.6) is 0 Å². The molecule has 5 nitrogen and oxygen atoms in total. The van der Waals surface area contributed by atoms with Gasteiger partial charge in [0.25, 0.3) is 10.2 Å². The van der Waals surface area contributed by atoms with Crippen molar-refractivity contribution in [2.75, 3.05) is 14.1 Å². The Bertz CT molecular complexity index is 327. The van der Waals surface area contributed by atoms with E-state index in [0.717, 1.165) is 0 Å². The van der Waals surface area contributed by atoms with Crippen LogP contribution in [-0.2, 0) is 10.2 Å². The van der Waals surface area contributed by atoms with Gasteiger partial charge in [0.05, 0.1) is 11.0 Å². The number of hydrogen-bond donors (Lipinski definition) is 1. The molecular weight excluding hydrogens is 234 g/mol. The minimum atomic E-state index is -3.48. The van der Waals surface area contributed by atoms with E-state index in [1.165, 1.54) is 22.7 Å². The lowest BCUT2D eigenvalue weighted by Crippen LogP contribution is -2.49. The molecule has 0 spiro atoms. The predicted octanol–water partition coefficient (Wildman–Crippen LogP) is 0.178. The molecule has 7 heteroatoms. The average Bonchev–Trinajstić information content (AvgIpc) is 2.13. The highest BCUT2D eigenvalue weighted by Gasteiger charge is 2.30. The Morgan fingerprint density at radius 2 is 1.60 bits per heavy atom. The second kappa shape index (κ2) is 5.20. The summed E-state index contributed by atoms with van der Waals surface area (Å²) in [7, 11) is -0.483. The van der Waals surface area contributed by atoms with E-state index >= 15 is 0 Å². The van der Waals surface area contributed by atoms with Gasteiger partial charge in [-0.3, -0.25) is 0 Å². The topological polar surface area (TPSA) is 66.6 Å². The molecule has 90 valence electrons. The van der Waals surface area contributed by atoms with E-state index in [-0.39, 0.29) is 11.0 Å². The number of likely N-dealkylation sites (N-methyl/N-ethyl adjacent to an activating group) is 1. The summed E-state index contributed by atoms with van der Waals surface area (Å²) in [6.45, 7) is 5.27. The van der Waals surface area contributed by atoms with Crippen molar-refractivity contribution in [3.05, 3.63) is 0 Å². The van der Waals surface area contributed by atoms with Crippen molar-refractivity contribution in [1.29, 1.82) is 0 Å². The number of hydrogen-bond acceptors (Lipinski definition) is 3. The maximum atomic E-state index is 12.0. The van der Waals surface area contributed by atoms with E-state index in [0.29, 0.717) is 0 Å². The lowest BCUT2D eigenvalue weighted by atomic mass is 10.3. The molecule has 1 unspecified atom stereocenters. The van der Waals surface area contributed by atoms with E-state index in [4.69, 9.17) is 18.0 Å². The molecule has 15 heavy (non-hydrogen) atoms. The van der Waals surface area contributed by atoms with Crippen molar-refractivity contribution in [1.82, 2.24) is 8.61 Å². The zero-order chi connectivity index (χ0) is 12.4. The number of rotatable bonds is 5. The third kappa shape index (κ3) is 3.37. The van der Waals surface area contributed by atoms with Gasteiger partial charge in [-0.2, -0.15) is 17.0 Å². The molecule has 0 aliphatic rings. The van der Waals surface area contributed by atoms with Crippen molar-refractivity contribution >= 4 is 27.4 Å². The average molecular weight is 253 g/mol. The summed E-state index contributed by atoms with van der Waals surface area (Å²) in [5, 5.41) is 0. The fraction of sp³-hybridized carbons (Fsp3) is 0.875. The summed E-state index contributed by atoms with van der Waals surface area (Å²) < 4.78 is 26.4. The third-order valence-electron chi connectivity index (χ3n) is 2.41. The summed E-state index contributed by atoms with van der Waals surface area (Å²) in [5.41, 5.74) is 5.42. The van der Waals surface area contributed by atoms with Crippen LogP contribution in [0.25, 0.3) is 0 Å². The molecule has 0 aromatic carbocycles. The van der Waals surface area contributed by atoms with Crippen molar-refractivity contribution in [2.24, 2.45) is 5.73 Å². The van der Waals surface area contributed by atoms with E-state index in [1.807, 2.05) is 0 Å². The normalized spacial score (nSPS) is 14.9. The third-order valence-corrected chi connectivity index (χ3v) is 4.95. The zero-order valence-electron chi connectivity index (χ0n) is 9.76. The highest BCUT2D eigenvalue weighted by atomic mass is 32.2. The van der Waals surface area contributed by atoms with Crippen molar-refractivity contribution in [3.8, 4) is 0 Å². The van der Waals surface area contributed by atoms with E-state index in [2.05, 4.69) is 0 Å². The fourth-order valence-corrected chi connectivity index (χ4v) is 2.53. The molecule has 0 aromatic rings. The van der Waals surface area contributed by atoms with Gasteiger partial charge in [0, 0.05) is 20.1 Å². The molecule has 0 fully saturated rings. The summed E-state index contributed by atoms with van der Waals surface area (Å²) in [5.74, 6) is 0. The molecule has 0 bridgehead atoms. The molecule has 0 saturated heterocycles. The van der Waals surface area contributed by atoms with Gasteiger partial charge < -0.3 is 5.73 Å². The number of thiocarbonyl (C=S) groups is 1.